The maximum Gasteiger partial charge on any atom is 0.217 e. The maximum atomic E-state index is 13.1. The first-order valence-corrected chi connectivity index (χ1v) is 13.8. The van der Waals surface area contributed by atoms with Gasteiger partial charge >= 0.3 is 0 Å². The first kappa shape index (κ1) is 26.4. The van der Waals surface area contributed by atoms with Crippen LogP contribution in [0.2, 0.25) is 4.34 Å². The summed E-state index contributed by atoms with van der Waals surface area (Å²) in [5.41, 5.74) is 3.35. The lowest BCUT2D eigenvalue weighted by atomic mass is 9.70. The molecule has 0 aliphatic rings. The third kappa shape index (κ3) is 5.20. The van der Waals surface area contributed by atoms with Crippen molar-refractivity contribution in [2.45, 2.75) is 17.9 Å². The molecule has 3 aromatic carbocycles. The number of hydrogen-bond acceptors (Lipinski definition) is 5. The lowest BCUT2D eigenvalue weighted by Gasteiger charge is -2.39. The zero-order valence-electron chi connectivity index (χ0n) is 21.8. The van der Waals surface area contributed by atoms with Crippen LogP contribution in [0.1, 0.15) is 29.0 Å². The molecule has 4 nitrogen and oxygen atoms in total. The standard InChI is InChI=1S/C32H31ClN2O2S/c1-35(2)17-16-32(36,28-15-9-13-22-10-7-8-14-26(22)28)30(23-11-5-4-6-12-23)27-18-24(20-34-31(27)37-3)25-19-29(33)38-21-25/h4-15,18-21,30,36H,16-17H2,1-3H3. The smallest absolute Gasteiger partial charge is 0.217 e. The van der Waals surface area contributed by atoms with E-state index in [-0.39, 0.29) is 0 Å². The summed E-state index contributed by atoms with van der Waals surface area (Å²) in [4.78, 5) is 6.82. The molecule has 0 bridgehead atoms. The molecule has 2 aromatic heterocycles. The van der Waals surface area contributed by atoms with Crippen LogP contribution in [-0.2, 0) is 5.60 Å². The number of halogens is 1. The number of rotatable bonds is 9. The highest BCUT2D eigenvalue weighted by molar-refractivity contribution is 7.14. The van der Waals surface area contributed by atoms with Crippen molar-refractivity contribution in [1.82, 2.24) is 9.88 Å². The van der Waals surface area contributed by atoms with Crippen molar-refractivity contribution >= 4 is 33.7 Å². The van der Waals surface area contributed by atoms with Gasteiger partial charge in [-0.15, -0.1) is 11.3 Å². The maximum absolute atomic E-state index is 13.1. The average Bonchev–Trinajstić information content (AvgIpc) is 3.38. The molecule has 194 valence electrons. The van der Waals surface area contributed by atoms with E-state index in [4.69, 9.17) is 21.3 Å². The summed E-state index contributed by atoms with van der Waals surface area (Å²) in [7, 11) is 5.69. The Morgan fingerprint density at radius 3 is 2.42 bits per heavy atom. The summed E-state index contributed by atoms with van der Waals surface area (Å²) in [6.07, 6.45) is 2.31. The Morgan fingerprint density at radius 1 is 0.974 bits per heavy atom. The normalized spacial score (nSPS) is 13.9. The van der Waals surface area contributed by atoms with E-state index in [0.29, 0.717) is 18.8 Å². The predicted molar refractivity (Wildman–Crippen MR) is 158 cm³/mol. The molecule has 0 spiro atoms. The zero-order valence-corrected chi connectivity index (χ0v) is 23.3. The molecule has 38 heavy (non-hydrogen) atoms. The van der Waals surface area contributed by atoms with Gasteiger partial charge in [-0.2, -0.15) is 0 Å². The van der Waals surface area contributed by atoms with Gasteiger partial charge < -0.3 is 14.7 Å². The number of benzene rings is 3. The zero-order chi connectivity index (χ0) is 26.7. The molecule has 6 heteroatoms. The topological polar surface area (TPSA) is 45.6 Å². The number of fused-ring (bicyclic) bond motifs is 1. The SMILES string of the molecule is COc1ncc(-c2csc(Cl)c2)cc1C(c1ccccc1)C(O)(CCN(C)C)c1cccc2ccccc12. The van der Waals surface area contributed by atoms with Gasteiger partial charge in [-0.05, 0) is 60.1 Å². The van der Waals surface area contributed by atoms with Gasteiger partial charge in [0.05, 0.1) is 11.4 Å². The van der Waals surface area contributed by atoms with Crippen LogP contribution in [-0.4, -0.2) is 42.7 Å². The molecule has 0 fully saturated rings. The molecule has 0 amide bonds. The van der Waals surface area contributed by atoms with Crippen molar-refractivity contribution in [2.24, 2.45) is 0 Å². The van der Waals surface area contributed by atoms with Gasteiger partial charge in [0.25, 0.3) is 0 Å². The van der Waals surface area contributed by atoms with Gasteiger partial charge in [0.1, 0.15) is 5.60 Å². The summed E-state index contributed by atoms with van der Waals surface area (Å²) in [6, 6.07) is 28.6. The van der Waals surface area contributed by atoms with Gasteiger partial charge in [0.15, 0.2) is 0 Å². The van der Waals surface area contributed by atoms with Gasteiger partial charge in [0.2, 0.25) is 5.88 Å². The minimum absolute atomic E-state index is 0.453. The fourth-order valence-electron chi connectivity index (χ4n) is 5.26. The Bertz CT molecular complexity index is 1530. The van der Waals surface area contributed by atoms with E-state index in [0.717, 1.165) is 42.9 Å². The van der Waals surface area contributed by atoms with Crippen molar-refractivity contribution in [3.63, 3.8) is 0 Å². The Balaban J connectivity index is 1.80. The molecule has 5 aromatic rings. The molecule has 0 aliphatic heterocycles. The number of aliphatic hydroxyl groups is 1. The van der Waals surface area contributed by atoms with E-state index in [2.05, 4.69) is 47.4 Å². The lowest BCUT2D eigenvalue weighted by molar-refractivity contribution is 0.00517. The minimum Gasteiger partial charge on any atom is -0.481 e. The molecule has 2 unspecified atom stereocenters. The third-order valence-corrected chi connectivity index (χ3v) is 8.18. The van der Waals surface area contributed by atoms with Crippen LogP contribution in [0, 0.1) is 0 Å². The van der Waals surface area contributed by atoms with Crippen LogP contribution in [0.5, 0.6) is 5.88 Å². The van der Waals surface area contributed by atoms with Gasteiger partial charge in [-0.1, -0.05) is 84.4 Å². The number of hydrogen-bond donors (Lipinski definition) is 1. The first-order chi connectivity index (χ1) is 18.4. The Hall–Kier alpha value is -3.22. The van der Waals surface area contributed by atoms with Crippen LogP contribution in [0.15, 0.2) is 96.5 Å². The Morgan fingerprint density at radius 2 is 1.71 bits per heavy atom. The number of nitrogens with zero attached hydrogens (tertiary/aromatic N) is 2. The largest absolute Gasteiger partial charge is 0.481 e. The lowest BCUT2D eigenvalue weighted by Crippen LogP contribution is -2.38. The second-order valence-corrected chi connectivity index (χ2v) is 11.4. The summed E-state index contributed by atoms with van der Waals surface area (Å²) in [5, 5.41) is 17.2. The predicted octanol–water partition coefficient (Wildman–Crippen LogP) is 7.60. The monoisotopic (exact) mass is 542 g/mol. The molecular formula is C32H31ClN2O2S. The summed E-state index contributed by atoms with van der Waals surface area (Å²) >= 11 is 7.76. The number of thiophene rings is 1. The summed E-state index contributed by atoms with van der Waals surface area (Å²) in [6.45, 7) is 0.693. The molecule has 5 rings (SSSR count). The fraction of sp³-hybridized carbons (Fsp3) is 0.219. The van der Waals surface area contributed by atoms with E-state index in [1.807, 2.05) is 61.9 Å². The Labute approximate surface area is 233 Å². The second-order valence-electron chi connectivity index (χ2n) is 9.81. The third-order valence-electron chi connectivity index (χ3n) is 7.09. The van der Waals surface area contributed by atoms with Crippen LogP contribution in [0.4, 0.5) is 0 Å². The van der Waals surface area contributed by atoms with E-state index in [9.17, 15) is 5.11 Å². The second kappa shape index (κ2) is 11.3. The van der Waals surface area contributed by atoms with E-state index >= 15 is 0 Å². The highest BCUT2D eigenvalue weighted by atomic mass is 35.5. The summed E-state index contributed by atoms with van der Waals surface area (Å²) < 4.78 is 6.55. The van der Waals surface area contributed by atoms with Gasteiger partial charge in [-0.25, -0.2) is 4.98 Å². The fourth-order valence-corrected chi connectivity index (χ4v) is 6.15. The quantitative estimate of drug-likeness (QED) is 0.208. The van der Waals surface area contributed by atoms with Crippen LogP contribution in [0.3, 0.4) is 0 Å². The molecule has 0 saturated carbocycles. The average molecular weight is 543 g/mol. The highest BCUT2D eigenvalue weighted by Crippen LogP contribution is 2.49. The Kier molecular flexibility index (Phi) is 7.82. The van der Waals surface area contributed by atoms with Crippen molar-refractivity contribution in [1.29, 1.82) is 0 Å². The van der Waals surface area contributed by atoms with Crippen molar-refractivity contribution in [2.75, 3.05) is 27.7 Å². The molecule has 2 atom stereocenters. The highest BCUT2D eigenvalue weighted by Gasteiger charge is 2.43. The van der Waals surface area contributed by atoms with Crippen LogP contribution in [0.25, 0.3) is 21.9 Å². The van der Waals surface area contributed by atoms with E-state index in [1.165, 1.54) is 11.3 Å². The number of methoxy groups -OCH3 is 1. The minimum atomic E-state index is -1.27. The molecular weight excluding hydrogens is 512 g/mol. The van der Waals surface area contributed by atoms with Crippen molar-refractivity contribution < 1.29 is 9.84 Å². The molecule has 0 saturated heterocycles. The molecule has 1 N–H and O–H groups in total. The number of pyridine rings is 1. The van der Waals surface area contributed by atoms with E-state index < -0.39 is 11.5 Å². The van der Waals surface area contributed by atoms with Crippen LogP contribution >= 0.6 is 22.9 Å². The van der Waals surface area contributed by atoms with Gasteiger partial charge in [0, 0.05) is 35.2 Å². The first-order valence-electron chi connectivity index (χ1n) is 12.6. The number of ether oxygens (including phenoxy) is 1. The molecule has 0 radical (unpaired) electrons. The van der Waals surface area contributed by atoms with Gasteiger partial charge in [-0.3, -0.25) is 0 Å². The van der Waals surface area contributed by atoms with Crippen molar-refractivity contribution in [3.8, 4) is 17.0 Å². The summed E-state index contributed by atoms with van der Waals surface area (Å²) in [5.74, 6) is 0.0402. The molecule has 0 aliphatic carbocycles. The molecule has 2 heterocycles. The van der Waals surface area contributed by atoms with E-state index in [1.54, 1.807) is 13.3 Å². The van der Waals surface area contributed by atoms with Crippen molar-refractivity contribution in [3.05, 3.63) is 118 Å². The number of aromatic nitrogens is 1. The van der Waals surface area contributed by atoms with Crippen LogP contribution < -0.4 is 4.74 Å².